The molecular formula is C23H36N4. The lowest BCUT2D eigenvalue weighted by atomic mass is 9.80. The van der Waals surface area contributed by atoms with E-state index in [0.29, 0.717) is 6.04 Å². The highest BCUT2D eigenvalue weighted by molar-refractivity contribution is 5.68. The molecule has 1 unspecified atom stereocenters. The molecule has 0 spiro atoms. The Morgan fingerprint density at radius 3 is 2.52 bits per heavy atom. The molecule has 27 heavy (non-hydrogen) atoms. The molecule has 4 heteroatoms. The van der Waals surface area contributed by atoms with Gasteiger partial charge in [-0.15, -0.1) is 0 Å². The van der Waals surface area contributed by atoms with Crippen LogP contribution in [0, 0.1) is 6.92 Å². The van der Waals surface area contributed by atoms with E-state index in [-0.39, 0.29) is 17.1 Å². The van der Waals surface area contributed by atoms with Crippen molar-refractivity contribution in [2.45, 2.75) is 83.5 Å². The van der Waals surface area contributed by atoms with Gasteiger partial charge >= 0.3 is 0 Å². The number of nitrogens with two attached hydrogens (primary N) is 2. The van der Waals surface area contributed by atoms with Gasteiger partial charge in [0.2, 0.25) is 0 Å². The Morgan fingerprint density at radius 1 is 1.19 bits per heavy atom. The molecule has 148 valence electrons. The maximum absolute atomic E-state index is 6.37. The molecule has 1 aromatic rings. The molecule has 0 saturated carbocycles. The molecule has 2 aliphatic rings. The van der Waals surface area contributed by atoms with Crippen molar-refractivity contribution in [3.8, 4) is 0 Å². The second kappa shape index (κ2) is 7.33. The van der Waals surface area contributed by atoms with Crippen LogP contribution in [0.25, 0.3) is 5.70 Å². The normalized spacial score (nSPS) is 25.0. The molecule has 0 aromatic heterocycles. The Bertz CT molecular complexity index is 742. The number of rotatable bonds is 4. The van der Waals surface area contributed by atoms with Gasteiger partial charge in [0.1, 0.15) is 0 Å². The SMILES string of the molecule is Cc1cc2c(cc1/C(N)=C/C=C/NC1CC(C)(C)NC(C)(C)C1)CCC2N. The van der Waals surface area contributed by atoms with Crippen LogP contribution in [0.5, 0.6) is 0 Å². The predicted molar refractivity (Wildman–Crippen MR) is 115 cm³/mol. The Morgan fingerprint density at radius 2 is 1.85 bits per heavy atom. The Kier molecular flexibility index (Phi) is 5.42. The van der Waals surface area contributed by atoms with Gasteiger partial charge in [0.25, 0.3) is 0 Å². The first kappa shape index (κ1) is 20.0. The van der Waals surface area contributed by atoms with E-state index in [1.54, 1.807) is 0 Å². The number of aryl methyl sites for hydroxylation is 2. The number of benzene rings is 1. The maximum atomic E-state index is 6.37. The number of hydrogen-bond acceptors (Lipinski definition) is 4. The first-order valence-electron chi connectivity index (χ1n) is 10.1. The third kappa shape index (κ3) is 4.74. The van der Waals surface area contributed by atoms with E-state index in [1.165, 1.54) is 16.7 Å². The fraction of sp³-hybridized carbons (Fsp3) is 0.565. The quantitative estimate of drug-likeness (QED) is 0.612. The van der Waals surface area contributed by atoms with Gasteiger partial charge < -0.3 is 22.1 Å². The standard InChI is InChI=1S/C23H36N4/c1-15-11-19-16(8-9-21(19)25)12-18(15)20(24)7-6-10-26-17-13-22(2,3)27-23(4,5)14-17/h6-7,10-12,17,21,26-27H,8-9,13-14,24-25H2,1-5H3/b10-6+,20-7-. The highest BCUT2D eigenvalue weighted by Gasteiger charge is 2.37. The summed E-state index contributed by atoms with van der Waals surface area (Å²) in [5.41, 5.74) is 18.6. The van der Waals surface area contributed by atoms with Crippen LogP contribution in [0.2, 0.25) is 0 Å². The van der Waals surface area contributed by atoms with E-state index < -0.39 is 0 Å². The van der Waals surface area contributed by atoms with E-state index in [0.717, 1.165) is 36.9 Å². The maximum Gasteiger partial charge on any atom is 0.0390 e. The molecule has 1 heterocycles. The average molecular weight is 369 g/mol. The van der Waals surface area contributed by atoms with Crippen molar-refractivity contribution >= 4 is 5.70 Å². The van der Waals surface area contributed by atoms with Crippen LogP contribution in [0.1, 0.15) is 75.3 Å². The van der Waals surface area contributed by atoms with E-state index in [2.05, 4.69) is 57.4 Å². The summed E-state index contributed by atoms with van der Waals surface area (Å²) in [4.78, 5) is 0. The smallest absolute Gasteiger partial charge is 0.0390 e. The first-order chi connectivity index (χ1) is 12.6. The largest absolute Gasteiger partial charge is 0.398 e. The van der Waals surface area contributed by atoms with Gasteiger partial charge in [0.15, 0.2) is 0 Å². The molecule has 1 aliphatic carbocycles. The first-order valence-corrected chi connectivity index (χ1v) is 10.1. The topological polar surface area (TPSA) is 76.1 Å². The fourth-order valence-electron chi connectivity index (χ4n) is 4.99. The zero-order chi connectivity index (χ0) is 19.8. The molecule has 1 aromatic carbocycles. The van der Waals surface area contributed by atoms with Gasteiger partial charge in [-0.25, -0.2) is 0 Å². The molecule has 0 radical (unpaired) electrons. The Labute approximate surface area is 164 Å². The summed E-state index contributed by atoms with van der Waals surface area (Å²) in [6, 6.07) is 5.08. The summed E-state index contributed by atoms with van der Waals surface area (Å²) in [7, 11) is 0. The minimum atomic E-state index is 0.143. The molecule has 0 amide bonds. The van der Waals surface area contributed by atoms with E-state index in [9.17, 15) is 0 Å². The summed E-state index contributed by atoms with van der Waals surface area (Å²) in [6.45, 7) is 11.2. The Balaban J connectivity index is 1.66. The summed E-state index contributed by atoms with van der Waals surface area (Å²) in [5.74, 6) is 0. The van der Waals surface area contributed by atoms with Gasteiger partial charge in [-0.3, -0.25) is 0 Å². The number of hydrogen-bond donors (Lipinski definition) is 4. The molecule has 3 rings (SSSR count). The zero-order valence-corrected chi connectivity index (χ0v) is 17.5. The van der Waals surface area contributed by atoms with Crippen molar-refractivity contribution in [3.63, 3.8) is 0 Å². The molecule has 4 nitrogen and oxygen atoms in total. The van der Waals surface area contributed by atoms with Crippen molar-refractivity contribution in [1.82, 2.24) is 10.6 Å². The molecule has 1 aliphatic heterocycles. The lowest BCUT2D eigenvalue weighted by molar-refractivity contribution is 0.153. The molecule has 1 saturated heterocycles. The third-order valence-corrected chi connectivity index (χ3v) is 5.82. The van der Waals surface area contributed by atoms with Crippen molar-refractivity contribution in [2.75, 3.05) is 0 Å². The number of piperidine rings is 1. The van der Waals surface area contributed by atoms with Gasteiger partial charge in [-0.2, -0.15) is 0 Å². The van der Waals surface area contributed by atoms with Crippen LogP contribution in [-0.4, -0.2) is 17.1 Å². The molecule has 1 atom stereocenters. The summed E-state index contributed by atoms with van der Waals surface area (Å²) in [5, 5.41) is 7.28. The molecule has 6 N–H and O–H groups in total. The van der Waals surface area contributed by atoms with Crippen LogP contribution < -0.4 is 22.1 Å². The second-order valence-corrected chi connectivity index (χ2v) is 9.66. The number of allylic oxidation sites excluding steroid dienone is 2. The van der Waals surface area contributed by atoms with Crippen LogP contribution in [0.4, 0.5) is 0 Å². The fourth-order valence-corrected chi connectivity index (χ4v) is 4.99. The van der Waals surface area contributed by atoms with Gasteiger partial charge in [0.05, 0.1) is 0 Å². The minimum Gasteiger partial charge on any atom is -0.398 e. The number of nitrogens with one attached hydrogen (secondary N) is 2. The minimum absolute atomic E-state index is 0.143. The highest BCUT2D eigenvalue weighted by atomic mass is 15.1. The van der Waals surface area contributed by atoms with Crippen molar-refractivity contribution in [3.05, 3.63) is 52.7 Å². The average Bonchev–Trinajstić information content (AvgIpc) is 2.88. The molecule has 1 fully saturated rings. The monoisotopic (exact) mass is 368 g/mol. The Hall–Kier alpha value is -1.78. The van der Waals surface area contributed by atoms with Crippen LogP contribution in [-0.2, 0) is 6.42 Å². The van der Waals surface area contributed by atoms with Crippen molar-refractivity contribution in [2.24, 2.45) is 11.5 Å². The summed E-state index contributed by atoms with van der Waals surface area (Å²) < 4.78 is 0. The van der Waals surface area contributed by atoms with Crippen molar-refractivity contribution in [1.29, 1.82) is 0 Å². The van der Waals surface area contributed by atoms with Gasteiger partial charge in [0, 0.05) is 34.4 Å². The summed E-state index contributed by atoms with van der Waals surface area (Å²) in [6.07, 6.45) is 10.3. The van der Waals surface area contributed by atoms with Gasteiger partial charge in [-0.1, -0.05) is 6.07 Å². The molecule has 0 bridgehead atoms. The summed E-state index contributed by atoms with van der Waals surface area (Å²) >= 11 is 0. The van der Waals surface area contributed by atoms with Crippen molar-refractivity contribution < 1.29 is 0 Å². The van der Waals surface area contributed by atoms with Crippen LogP contribution in [0.3, 0.4) is 0 Å². The van der Waals surface area contributed by atoms with E-state index in [1.807, 2.05) is 18.4 Å². The third-order valence-electron chi connectivity index (χ3n) is 5.82. The zero-order valence-electron chi connectivity index (χ0n) is 17.5. The number of fused-ring (bicyclic) bond motifs is 1. The van der Waals surface area contributed by atoms with Crippen LogP contribution >= 0.6 is 0 Å². The lowest BCUT2D eigenvalue weighted by Crippen LogP contribution is -2.61. The van der Waals surface area contributed by atoms with E-state index in [4.69, 9.17) is 11.5 Å². The van der Waals surface area contributed by atoms with E-state index >= 15 is 0 Å². The predicted octanol–water partition coefficient (Wildman–Crippen LogP) is 3.65. The van der Waals surface area contributed by atoms with Gasteiger partial charge in [-0.05, 0) is 101 Å². The second-order valence-electron chi connectivity index (χ2n) is 9.66. The lowest BCUT2D eigenvalue weighted by Gasteiger charge is -2.46. The van der Waals surface area contributed by atoms with Crippen LogP contribution in [0.15, 0.2) is 30.5 Å². The molecular weight excluding hydrogens is 332 g/mol. The highest BCUT2D eigenvalue weighted by Crippen LogP contribution is 2.33.